The summed E-state index contributed by atoms with van der Waals surface area (Å²) in [6.07, 6.45) is -8.07. The van der Waals surface area contributed by atoms with Crippen LogP contribution in [0.4, 0.5) is 26.3 Å². The summed E-state index contributed by atoms with van der Waals surface area (Å²) in [6, 6.07) is 22.6. The Balaban J connectivity index is 0.000000256. The van der Waals surface area contributed by atoms with Gasteiger partial charge in [-0.05, 0) is 66.1 Å². The second-order valence-corrected chi connectivity index (χ2v) is 14.8. The molecule has 3 aromatic heterocycles. The highest BCUT2D eigenvalue weighted by molar-refractivity contribution is 6.04. The first-order valence-corrected chi connectivity index (χ1v) is 19.1. The van der Waals surface area contributed by atoms with Crippen LogP contribution in [-0.4, -0.2) is 43.8 Å². The van der Waals surface area contributed by atoms with E-state index >= 15 is 0 Å². The predicted molar refractivity (Wildman–Crippen MR) is 216 cm³/mol. The van der Waals surface area contributed by atoms with Crippen LogP contribution in [0.2, 0.25) is 0 Å². The van der Waals surface area contributed by atoms with Gasteiger partial charge >= 0.3 is 18.7 Å². The van der Waals surface area contributed by atoms with Gasteiger partial charge in [0.05, 0.1) is 17.7 Å². The summed E-state index contributed by atoms with van der Waals surface area (Å²) in [6.45, 7) is 9.03. The second-order valence-electron chi connectivity index (χ2n) is 14.8. The maximum absolute atomic E-state index is 13.0. The van der Waals surface area contributed by atoms with Gasteiger partial charge in [-0.3, -0.25) is 0 Å². The quantitative estimate of drug-likeness (QED) is 0.114. The summed E-state index contributed by atoms with van der Waals surface area (Å²) in [7, 11) is 1.81. The summed E-state index contributed by atoms with van der Waals surface area (Å²) >= 11 is 0. The number of rotatable bonds is 12. The molecule has 0 aliphatic rings. The molecule has 0 aliphatic carbocycles. The second kappa shape index (κ2) is 18.1. The maximum atomic E-state index is 13.0. The monoisotopic (exact) mass is 865 g/mol. The number of para-hydroxylation sites is 2. The minimum atomic E-state index is -4.86. The lowest BCUT2D eigenvalue weighted by Crippen LogP contribution is -2.17. The molecule has 0 aliphatic heterocycles. The summed E-state index contributed by atoms with van der Waals surface area (Å²) in [5.74, 6) is -0.386. The first-order chi connectivity index (χ1) is 29.3. The summed E-state index contributed by atoms with van der Waals surface area (Å²) in [5, 5.41) is 27.5. The van der Waals surface area contributed by atoms with E-state index in [1.165, 1.54) is 36.4 Å². The van der Waals surface area contributed by atoms with E-state index in [0.29, 0.717) is 33.8 Å². The van der Waals surface area contributed by atoms with Crippen LogP contribution in [0.15, 0.2) is 100 Å². The van der Waals surface area contributed by atoms with Crippen molar-refractivity contribution in [2.75, 3.05) is 0 Å². The summed E-state index contributed by atoms with van der Waals surface area (Å²) in [5.41, 5.74) is 5.38. The molecule has 0 fully saturated rings. The van der Waals surface area contributed by atoms with Gasteiger partial charge in [-0.2, -0.15) is 0 Å². The average molecular weight is 866 g/mol. The molecule has 62 heavy (non-hydrogen) atoms. The minimum absolute atomic E-state index is 0.0127. The Labute approximate surface area is 351 Å². The van der Waals surface area contributed by atoms with Crippen LogP contribution in [0.5, 0.6) is 17.2 Å². The Morgan fingerprint density at radius 2 is 1.27 bits per heavy atom. The fourth-order valence-electron chi connectivity index (χ4n) is 6.95. The number of hydrogen-bond acceptors (Lipinski definition) is 9. The zero-order valence-electron chi connectivity index (χ0n) is 34.2. The van der Waals surface area contributed by atoms with Crippen molar-refractivity contribution in [2.24, 2.45) is 7.05 Å². The molecule has 0 atom stereocenters. The third-order valence-electron chi connectivity index (χ3n) is 9.69. The number of aryl methyl sites for hydroxylation is 2. The van der Waals surface area contributed by atoms with Crippen molar-refractivity contribution in [1.82, 2.24) is 14.9 Å². The highest BCUT2D eigenvalue weighted by atomic mass is 19.4. The van der Waals surface area contributed by atoms with Crippen LogP contribution in [0.3, 0.4) is 0 Å². The lowest BCUT2D eigenvalue weighted by Gasteiger charge is -2.14. The highest BCUT2D eigenvalue weighted by Crippen LogP contribution is 2.40. The SMILES string of the molecule is CC(C)c1onc(-c2ccccc2OC(F)(F)F)c1CO.Cc1cc(OCc2c(-c3ccccc3OC(F)(F)F)noc2C(C)C)ccc1-c1ccc2c(C(=O)O)cn(C)c2c1. The molecule has 0 unspecified atom stereocenters. The Kier molecular flexibility index (Phi) is 13.1. The van der Waals surface area contributed by atoms with Crippen molar-refractivity contribution in [3.8, 4) is 50.9 Å². The van der Waals surface area contributed by atoms with Gasteiger partial charge in [0.2, 0.25) is 0 Å². The number of ether oxygens (including phenoxy) is 3. The van der Waals surface area contributed by atoms with Crippen molar-refractivity contribution >= 4 is 16.9 Å². The molecule has 0 saturated carbocycles. The van der Waals surface area contributed by atoms with Gasteiger partial charge in [0, 0.05) is 52.7 Å². The zero-order valence-corrected chi connectivity index (χ0v) is 34.2. The molecule has 7 aromatic rings. The topological polar surface area (TPSA) is 142 Å². The zero-order chi connectivity index (χ0) is 45.1. The molecule has 2 N–H and O–H groups in total. The van der Waals surface area contributed by atoms with Crippen LogP contribution in [0.25, 0.3) is 44.5 Å². The van der Waals surface area contributed by atoms with Crippen molar-refractivity contribution in [3.63, 3.8) is 0 Å². The van der Waals surface area contributed by atoms with E-state index in [-0.39, 0.29) is 64.6 Å². The van der Waals surface area contributed by atoms with E-state index in [9.17, 15) is 41.4 Å². The Morgan fingerprint density at radius 1 is 0.742 bits per heavy atom. The fourth-order valence-corrected chi connectivity index (χ4v) is 6.95. The number of aromatic carboxylic acids is 1. The van der Waals surface area contributed by atoms with Crippen molar-refractivity contribution < 1.29 is 64.6 Å². The van der Waals surface area contributed by atoms with E-state index in [1.54, 1.807) is 36.0 Å². The smallest absolute Gasteiger partial charge is 0.489 e. The predicted octanol–water partition coefficient (Wildman–Crippen LogP) is 12.0. The minimum Gasteiger partial charge on any atom is -0.489 e. The molecular weight excluding hydrogens is 824 g/mol. The molecule has 7 rings (SSSR count). The fraction of sp³-hybridized carbons (Fsp3) is 0.267. The number of hydrogen-bond donors (Lipinski definition) is 2. The van der Waals surface area contributed by atoms with Crippen LogP contribution >= 0.6 is 0 Å². The molecule has 0 radical (unpaired) electrons. The maximum Gasteiger partial charge on any atom is 0.573 e. The molecule has 326 valence electrons. The van der Waals surface area contributed by atoms with Gasteiger partial charge in [0.25, 0.3) is 0 Å². The van der Waals surface area contributed by atoms with Gasteiger partial charge in [-0.15, -0.1) is 26.3 Å². The molecule has 3 heterocycles. The number of fused-ring (bicyclic) bond motifs is 1. The van der Waals surface area contributed by atoms with Crippen LogP contribution in [0, 0.1) is 6.92 Å². The van der Waals surface area contributed by atoms with Gasteiger partial charge in [-0.25, -0.2) is 4.79 Å². The number of aliphatic hydroxyl groups is 1. The Hall–Kier alpha value is -6.75. The number of nitrogens with zero attached hydrogens (tertiary/aromatic N) is 3. The molecule has 0 saturated heterocycles. The number of halogens is 6. The van der Waals surface area contributed by atoms with Crippen LogP contribution in [-0.2, 0) is 20.3 Å². The van der Waals surface area contributed by atoms with Crippen molar-refractivity contribution in [3.05, 3.63) is 125 Å². The average Bonchev–Trinajstić information content (AvgIpc) is 3.92. The molecule has 17 heteroatoms. The molecule has 0 spiro atoms. The summed E-state index contributed by atoms with van der Waals surface area (Å²) in [4.78, 5) is 11.6. The number of aromatic nitrogens is 3. The third-order valence-corrected chi connectivity index (χ3v) is 9.69. The molecule has 0 amide bonds. The van der Waals surface area contributed by atoms with Crippen molar-refractivity contribution in [1.29, 1.82) is 0 Å². The normalized spacial score (nSPS) is 11.9. The number of carboxylic acid groups (broad SMARTS) is 1. The van der Waals surface area contributed by atoms with E-state index in [2.05, 4.69) is 19.8 Å². The number of benzene rings is 4. The number of carboxylic acids is 1. The lowest BCUT2D eigenvalue weighted by molar-refractivity contribution is -0.275. The molecule has 11 nitrogen and oxygen atoms in total. The molecule has 4 aromatic carbocycles. The number of alkyl halides is 6. The first kappa shape index (κ1) is 44.8. The van der Waals surface area contributed by atoms with Gasteiger partial charge < -0.3 is 38.0 Å². The largest absolute Gasteiger partial charge is 0.573 e. The van der Waals surface area contributed by atoms with Crippen molar-refractivity contribution in [2.45, 2.75) is 72.4 Å². The van der Waals surface area contributed by atoms with Crippen LogP contribution < -0.4 is 14.2 Å². The van der Waals surface area contributed by atoms with E-state index < -0.39 is 18.7 Å². The number of aliphatic hydroxyl groups excluding tert-OH is 1. The molecular formula is C45H41F6N3O8. The first-order valence-electron chi connectivity index (χ1n) is 19.1. The summed E-state index contributed by atoms with van der Waals surface area (Å²) < 4.78 is 103. The lowest BCUT2D eigenvalue weighted by atomic mass is 9.98. The van der Waals surface area contributed by atoms with Gasteiger partial charge in [0.1, 0.15) is 46.8 Å². The number of carbonyl (C=O) groups is 1. The van der Waals surface area contributed by atoms with E-state index in [0.717, 1.165) is 22.2 Å². The Morgan fingerprint density at radius 3 is 1.77 bits per heavy atom. The third kappa shape index (κ3) is 10.1. The van der Waals surface area contributed by atoms with E-state index in [1.807, 2.05) is 65.0 Å². The van der Waals surface area contributed by atoms with E-state index in [4.69, 9.17) is 13.8 Å². The highest BCUT2D eigenvalue weighted by Gasteiger charge is 2.34. The van der Waals surface area contributed by atoms with Gasteiger partial charge in [-0.1, -0.05) is 80.5 Å². The Bertz CT molecular complexity index is 2690. The van der Waals surface area contributed by atoms with Gasteiger partial charge in [0.15, 0.2) is 0 Å². The molecule has 0 bridgehead atoms. The standard InChI is InChI=1S/C31H27F3N2O5.C14H14F3NO3/c1-17(2)29-25(28(35-41-29)23-7-5-6-8-27(23)40-31(32,33)34)16-39-20-10-12-21(18(3)13-20)19-9-11-22-24(30(37)38)15-36(4)26(22)14-19;1-8(2)13-10(7-19)12(18-21-13)9-5-3-4-6-11(9)20-14(15,16)17/h5-15,17H,16H2,1-4H3,(H,37,38);3-6,8,19H,7H2,1-2H3. The van der Waals surface area contributed by atoms with Crippen LogP contribution in [0.1, 0.15) is 78.1 Å².